The van der Waals surface area contributed by atoms with Crippen LogP contribution in [0.4, 0.5) is 0 Å². The van der Waals surface area contributed by atoms with Gasteiger partial charge in [0.15, 0.2) is 0 Å². The largest absolute Gasteiger partial charge is 0.381 e. The number of nitrogens with two attached hydrogens (primary N) is 1. The van der Waals surface area contributed by atoms with E-state index in [-0.39, 0.29) is 5.41 Å². The van der Waals surface area contributed by atoms with Gasteiger partial charge in [-0.05, 0) is 26.8 Å². The number of nitrogens with zero attached hydrogens (tertiary/aromatic N) is 1. The highest BCUT2D eigenvalue weighted by atomic mass is 16.5. The molecule has 3 nitrogen and oxygen atoms in total. The van der Waals surface area contributed by atoms with Gasteiger partial charge in [0, 0.05) is 31.2 Å². The van der Waals surface area contributed by atoms with Crippen molar-refractivity contribution in [3.05, 3.63) is 0 Å². The zero-order valence-corrected chi connectivity index (χ0v) is 10.5. The van der Waals surface area contributed by atoms with Crippen LogP contribution in [0.1, 0.15) is 33.1 Å². The summed E-state index contributed by atoms with van der Waals surface area (Å²) in [6, 6.07) is 0.652. The van der Waals surface area contributed by atoms with Crippen LogP contribution in [-0.2, 0) is 4.74 Å². The third kappa shape index (κ3) is 3.44. The summed E-state index contributed by atoms with van der Waals surface area (Å²) >= 11 is 0. The first-order valence-electron chi connectivity index (χ1n) is 6.11. The summed E-state index contributed by atoms with van der Waals surface area (Å²) in [4.78, 5) is 2.44. The summed E-state index contributed by atoms with van der Waals surface area (Å²) < 4.78 is 5.49. The van der Waals surface area contributed by atoms with Crippen LogP contribution < -0.4 is 5.73 Å². The minimum absolute atomic E-state index is 0.219. The molecule has 0 aromatic carbocycles. The quantitative estimate of drug-likeness (QED) is 0.728. The summed E-state index contributed by atoms with van der Waals surface area (Å²) in [5.41, 5.74) is 6.10. The number of ether oxygens (including phenoxy) is 1. The van der Waals surface area contributed by atoms with Crippen molar-refractivity contribution in [2.45, 2.75) is 39.2 Å². The van der Waals surface area contributed by atoms with Gasteiger partial charge < -0.3 is 15.4 Å². The molecule has 15 heavy (non-hydrogen) atoms. The molecule has 2 N–H and O–H groups in total. The molecule has 1 rings (SSSR count). The lowest BCUT2D eigenvalue weighted by molar-refractivity contribution is 0.108. The van der Waals surface area contributed by atoms with E-state index in [0.717, 1.165) is 32.7 Å². The van der Waals surface area contributed by atoms with Gasteiger partial charge in [-0.15, -0.1) is 0 Å². The summed E-state index contributed by atoms with van der Waals surface area (Å²) in [5.74, 6) is 0. The van der Waals surface area contributed by atoms with Crippen LogP contribution in [0, 0.1) is 5.41 Å². The molecular weight excluding hydrogens is 188 g/mol. The summed E-state index contributed by atoms with van der Waals surface area (Å²) in [7, 11) is 2.20. The molecule has 90 valence electrons. The number of rotatable bonds is 6. The molecule has 1 aliphatic rings. The Labute approximate surface area is 94.0 Å². The predicted molar refractivity (Wildman–Crippen MR) is 63.9 cm³/mol. The SMILES string of the molecule is CCCC(C)N(C)CC1(CN)CCOC1. The van der Waals surface area contributed by atoms with Crippen LogP contribution in [0.15, 0.2) is 0 Å². The minimum atomic E-state index is 0.219. The molecule has 0 spiro atoms. The molecule has 1 heterocycles. The Morgan fingerprint density at radius 3 is 2.73 bits per heavy atom. The first-order valence-corrected chi connectivity index (χ1v) is 6.11. The topological polar surface area (TPSA) is 38.5 Å². The van der Waals surface area contributed by atoms with E-state index >= 15 is 0 Å². The Morgan fingerprint density at radius 2 is 2.27 bits per heavy atom. The Hall–Kier alpha value is -0.120. The Balaban J connectivity index is 2.43. The molecule has 1 aliphatic heterocycles. The van der Waals surface area contributed by atoms with Crippen molar-refractivity contribution in [2.24, 2.45) is 11.1 Å². The Bertz CT molecular complexity index is 178. The molecule has 2 unspecified atom stereocenters. The van der Waals surface area contributed by atoms with Gasteiger partial charge in [-0.3, -0.25) is 0 Å². The fraction of sp³-hybridized carbons (Fsp3) is 1.00. The average Bonchev–Trinajstić information content (AvgIpc) is 2.67. The van der Waals surface area contributed by atoms with Crippen LogP contribution in [0.2, 0.25) is 0 Å². The maximum atomic E-state index is 5.88. The van der Waals surface area contributed by atoms with Gasteiger partial charge in [0.05, 0.1) is 6.61 Å². The monoisotopic (exact) mass is 214 g/mol. The Kier molecular flexibility index (Phi) is 5.03. The van der Waals surface area contributed by atoms with Crippen molar-refractivity contribution >= 4 is 0 Å². The summed E-state index contributed by atoms with van der Waals surface area (Å²) in [5, 5.41) is 0. The van der Waals surface area contributed by atoms with Crippen LogP contribution in [0.5, 0.6) is 0 Å². The zero-order chi connectivity index (χ0) is 11.3. The predicted octanol–water partition coefficient (Wildman–Crippen LogP) is 1.47. The van der Waals surface area contributed by atoms with Gasteiger partial charge >= 0.3 is 0 Å². The highest BCUT2D eigenvalue weighted by Crippen LogP contribution is 2.28. The van der Waals surface area contributed by atoms with Gasteiger partial charge in [0.2, 0.25) is 0 Å². The van der Waals surface area contributed by atoms with Gasteiger partial charge in [-0.2, -0.15) is 0 Å². The third-order valence-electron chi connectivity index (χ3n) is 3.66. The zero-order valence-electron chi connectivity index (χ0n) is 10.5. The maximum absolute atomic E-state index is 5.88. The minimum Gasteiger partial charge on any atom is -0.381 e. The van der Waals surface area contributed by atoms with Crippen molar-refractivity contribution in [1.82, 2.24) is 4.90 Å². The van der Waals surface area contributed by atoms with Crippen molar-refractivity contribution in [3.8, 4) is 0 Å². The summed E-state index contributed by atoms with van der Waals surface area (Å²) in [6.07, 6.45) is 3.63. The molecular formula is C12H26N2O. The maximum Gasteiger partial charge on any atom is 0.0547 e. The highest BCUT2D eigenvalue weighted by molar-refractivity contribution is 4.87. The smallest absolute Gasteiger partial charge is 0.0547 e. The van der Waals surface area contributed by atoms with Crippen LogP contribution in [0.3, 0.4) is 0 Å². The molecule has 0 saturated carbocycles. The summed E-state index contributed by atoms with van der Waals surface area (Å²) in [6.45, 7) is 8.08. The van der Waals surface area contributed by atoms with Crippen LogP contribution in [-0.4, -0.2) is 44.3 Å². The van der Waals surface area contributed by atoms with Gasteiger partial charge in [-0.1, -0.05) is 13.3 Å². The van der Waals surface area contributed by atoms with Crippen molar-refractivity contribution in [3.63, 3.8) is 0 Å². The van der Waals surface area contributed by atoms with E-state index in [1.807, 2.05) is 0 Å². The lowest BCUT2D eigenvalue weighted by Gasteiger charge is -2.34. The first kappa shape index (κ1) is 12.9. The van der Waals surface area contributed by atoms with Crippen LogP contribution >= 0.6 is 0 Å². The molecule has 2 atom stereocenters. The van der Waals surface area contributed by atoms with E-state index in [1.54, 1.807) is 0 Å². The van der Waals surface area contributed by atoms with Crippen molar-refractivity contribution in [1.29, 1.82) is 0 Å². The number of hydrogen-bond acceptors (Lipinski definition) is 3. The first-order chi connectivity index (χ1) is 7.13. The second-order valence-corrected chi connectivity index (χ2v) is 5.06. The molecule has 3 heteroatoms. The molecule has 1 fully saturated rings. The second-order valence-electron chi connectivity index (χ2n) is 5.06. The average molecular weight is 214 g/mol. The molecule has 0 radical (unpaired) electrons. The number of hydrogen-bond donors (Lipinski definition) is 1. The fourth-order valence-electron chi connectivity index (χ4n) is 2.32. The third-order valence-corrected chi connectivity index (χ3v) is 3.66. The molecule has 0 aliphatic carbocycles. The van der Waals surface area contributed by atoms with E-state index in [1.165, 1.54) is 12.8 Å². The highest BCUT2D eigenvalue weighted by Gasteiger charge is 2.35. The molecule has 1 saturated heterocycles. The van der Waals surface area contributed by atoms with Gasteiger partial charge in [-0.25, -0.2) is 0 Å². The van der Waals surface area contributed by atoms with E-state index < -0.39 is 0 Å². The standard InChI is InChI=1S/C12H26N2O/c1-4-5-11(2)14(3)9-12(8-13)6-7-15-10-12/h11H,4-10,13H2,1-3H3. The van der Waals surface area contributed by atoms with Gasteiger partial charge in [0.25, 0.3) is 0 Å². The van der Waals surface area contributed by atoms with E-state index in [9.17, 15) is 0 Å². The molecule has 0 aromatic heterocycles. The lowest BCUT2D eigenvalue weighted by atomic mass is 9.86. The van der Waals surface area contributed by atoms with E-state index in [4.69, 9.17) is 10.5 Å². The molecule has 0 aromatic rings. The van der Waals surface area contributed by atoms with E-state index in [0.29, 0.717) is 6.04 Å². The Morgan fingerprint density at radius 1 is 1.53 bits per heavy atom. The van der Waals surface area contributed by atoms with Crippen molar-refractivity contribution in [2.75, 3.05) is 33.4 Å². The van der Waals surface area contributed by atoms with Crippen molar-refractivity contribution < 1.29 is 4.74 Å². The molecule has 0 bridgehead atoms. The normalized spacial score (nSPS) is 28.6. The molecule has 0 amide bonds. The lowest BCUT2D eigenvalue weighted by Crippen LogP contribution is -2.44. The van der Waals surface area contributed by atoms with Gasteiger partial charge in [0.1, 0.15) is 0 Å². The van der Waals surface area contributed by atoms with E-state index in [2.05, 4.69) is 25.8 Å². The van der Waals surface area contributed by atoms with Crippen LogP contribution in [0.25, 0.3) is 0 Å². The fourth-order valence-corrected chi connectivity index (χ4v) is 2.32. The second kappa shape index (κ2) is 5.83.